The lowest BCUT2D eigenvalue weighted by atomic mass is 10.0. The van der Waals surface area contributed by atoms with Crippen LogP contribution in [0.1, 0.15) is 11.5 Å². The average molecular weight is 144 g/mol. The highest BCUT2D eigenvalue weighted by Crippen LogP contribution is 2.30. The van der Waals surface area contributed by atoms with E-state index in [-0.39, 0.29) is 0 Å². The second-order valence-corrected chi connectivity index (χ2v) is 2.72. The molecule has 0 fully saturated rings. The smallest absolute Gasteiger partial charge is 0.0379 e. The summed E-state index contributed by atoms with van der Waals surface area (Å²) in [5, 5.41) is 3.30. The van der Waals surface area contributed by atoms with Crippen LogP contribution in [0.5, 0.6) is 0 Å². The molecule has 55 valence electrons. The maximum absolute atomic E-state index is 3.68. The Morgan fingerprint density at radius 1 is 1.45 bits per heavy atom. The first-order chi connectivity index (χ1) is 5.42. The van der Waals surface area contributed by atoms with E-state index < -0.39 is 0 Å². The van der Waals surface area contributed by atoms with E-state index in [0.29, 0.717) is 5.92 Å². The SMILES string of the molecule is C=[C]C1CNc2ccccc21. The number of benzene rings is 1. The van der Waals surface area contributed by atoms with Gasteiger partial charge < -0.3 is 5.32 Å². The standard InChI is InChI=1S/C10H10N/c1-2-8-7-11-10-6-4-3-5-9(8)10/h3-6,8,11H,1,7H2. The minimum absolute atomic E-state index is 0.381. The number of para-hydroxylation sites is 1. The first-order valence-corrected chi connectivity index (χ1v) is 3.77. The molecule has 2 rings (SSSR count). The van der Waals surface area contributed by atoms with E-state index in [0.717, 1.165) is 6.54 Å². The van der Waals surface area contributed by atoms with Gasteiger partial charge in [0.05, 0.1) is 0 Å². The summed E-state index contributed by atoms with van der Waals surface area (Å²) in [4.78, 5) is 0. The van der Waals surface area contributed by atoms with Crippen molar-refractivity contribution in [2.75, 3.05) is 11.9 Å². The number of nitrogens with one attached hydrogen (secondary N) is 1. The fourth-order valence-corrected chi connectivity index (χ4v) is 1.47. The summed E-state index contributed by atoms with van der Waals surface area (Å²) in [6, 6.07) is 8.30. The van der Waals surface area contributed by atoms with E-state index in [1.54, 1.807) is 0 Å². The van der Waals surface area contributed by atoms with Crippen molar-refractivity contribution in [2.45, 2.75) is 5.92 Å². The highest BCUT2D eigenvalue weighted by molar-refractivity contribution is 5.58. The van der Waals surface area contributed by atoms with Crippen LogP contribution < -0.4 is 5.32 Å². The third kappa shape index (κ3) is 0.929. The van der Waals surface area contributed by atoms with Crippen LogP contribution >= 0.6 is 0 Å². The molecule has 1 radical (unpaired) electrons. The van der Waals surface area contributed by atoms with Crippen LogP contribution in [0.25, 0.3) is 0 Å². The molecule has 0 amide bonds. The molecule has 0 saturated carbocycles. The van der Waals surface area contributed by atoms with Crippen LogP contribution in [0.3, 0.4) is 0 Å². The van der Waals surface area contributed by atoms with Crippen molar-refractivity contribution >= 4 is 5.69 Å². The molecule has 1 heterocycles. The Morgan fingerprint density at radius 2 is 2.27 bits per heavy atom. The third-order valence-electron chi connectivity index (χ3n) is 2.08. The zero-order valence-electron chi connectivity index (χ0n) is 6.30. The van der Waals surface area contributed by atoms with E-state index in [9.17, 15) is 0 Å². The molecule has 0 aromatic heterocycles. The number of fused-ring (bicyclic) bond motifs is 1. The predicted molar refractivity (Wildman–Crippen MR) is 46.5 cm³/mol. The van der Waals surface area contributed by atoms with Crippen molar-refractivity contribution in [3.63, 3.8) is 0 Å². The molecule has 1 nitrogen and oxygen atoms in total. The molecule has 0 saturated heterocycles. The molecular formula is C10H10N. The predicted octanol–water partition coefficient (Wildman–Crippen LogP) is 2.18. The zero-order valence-corrected chi connectivity index (χ0v) is 6.30. The molecule has 0 spiro atoms. The van der Waals surface area contributed by atoms with Crippen LogP contribution in [0.15, 0.2) is 30.8 Å². The summed E-state index contributed by atoms with van der Waals surface area (Å²) in [7, 11) is 0. The molecule has 11 heavy (non-hydrogen) atoms. The molecule has 1 aliphatic rings. The Morgan fingerprint density at radius 3 is 3.09 bits per heavy atom. The van der Waals surface area contributed by atoms with Crippen LogP contribution in [0.4, 0.5) is 5.69 Å². The Labute approximate surface area is 66.7 Å². The van der Waals surface area contributed by atoms with Crippen molar-refractivity contribution in [1.82, 2.24) is 0 Å². The zero-order chi connectivity index (χ0) is 7.68. The fraction of sp³-hybridized carbons (Fsp3) is 0.200. The average Bonchev–Trinajstić information content (AvgIpc) is 2.47. The summed E-state index contributed by atoms with van der Waals surface area (Å²) in [5.41, 5.74) is 2.55. The summed E-state index contributed by atoms with van der Waals surface area (Å²) in [6.45, 7) is 4.62. The monoisotopic (exact) mass is 144 g/mol. The summed E-state index contributed by atoms with van der Waals surface area (Å²) in [5.74, 6) is 0.381. The van der Waals surface area contributed by atoms with Crippen molar-refractivity contribution in [2.24, 2.45) is 0 Å². The van der Waals surface area contributed by atoms with E-state index in [1.807, 2.05) is 6.07 Å². The highest BCUT2D eigenvalue weighted by Gasteiger charge is 2.17. The lowest BCUT2D eigenvalue weighted by Crippen LogP contribution is -1.97. The van der Waals surface area contributed by atoms with Crippen LogP contribution in [-0.4, -0.2) is 6.54 Å². The Hall–Kier alpha value is -1.24. The van der Waals surface area contributed by atoms with Gasteiger partial charge in [-0.25, -0.2) is 0 Å². The van der Waals surface area contributed by atoms with Gasteiger partial charge in [-0.2, -0.15) is 0 Å². The minimum Gasteiger partial charge on any atom is -0.384 e. The van der Waals surface area contributed by atoms with Gasteiger partial charge >= 0.3 is 0 Å². The molecule has 1 N–H and O–H groups in total. The first kappa shape index (κ1) is 6.47. The molecule has 1 aromatic carbocycles. The minimum atomic E-state index is 0.381. The van der Waals surface area contributed by atoms with Gasteiger partial charge in [-0.3, -0.25) is 0 Å². The Bertz CT molecular complexity index is 278. The summed E-state index contributed by atoms with van der Waals surface area (Å²) < 4.78 is 0. The fourth-order valence-electron chi connectivity index (χ4n) is 1.47. The number of anilines is 1. The van der Waals surface area contributed by atoms with E-state index in [1.165, 1.54) is 11.3 Å². The van der Waals surface area contributed by atoms with Gasteiger partial charge in [0.25, 0.3) is 0 Å². The van der Waals surface area contributed by atoms with Gasteiger partial charge in [-0.15, -0.1) is 0 Å². The molecule has 1 unspecified atom stereocenters. The van der Waals surface area contributed by atoms with Gasteiger partial charge in [0.15, 0.2) is 0 Å². The van der Waals surface area contributed by atoms with Crippen LogP contribution in [0.2, 0.25) is 0 Å². The van der Waals surface area contributed by atoms with Gasteiger partial charge in [-0.05, 0) is 17.7 Å². The Balaban J connectivity index is 2.46. The normalized spacial score (nSPS) is 20.5. The summed E-state index contributed by atoms with van der Waals surface area (Å²) in [6.07, 6.45) is 3.01. The van der Waals surface area contributed by atoms with Crippen molar-refractivity contribution < 1.29 is 0 Å². The largest absolute Gasteiger partial charge is 0.384 e. The number of hydrogen-bond acceptors (Lipinski definition) is 1. The molecule has 1 aliphatic heterocycles. The van der Waals surface area contributed by atoms with Crippen molar-refractivity contribution in [3.8, 4) is 0 Å². The molecule has 1 atom stereocenters. The number of hydrogen-bond donors (Lipinski definition) is 1. The first-order valence-electron chi connectivity index (χ1n) is 3.77. The van der Waals surface area contributed by atoms with Gasteiger partial charge in [0.1, 0.15) is 0 Å². The molecule has 1 heteroatoms. The quantitative estimate of drug-likeness (QED) is 0.637. The maximum atomic E-state index is 3.68. The van der Waals surface area contributed by atoms with Crippen LogP contribution in [-0.2, 0) is 0 Å². The Kier molecular flexibility index (Phi) is 1.42. The lowest BCUT2D eigenvalue weighted by molar-refractivity contribution is 0.927. The second-order valence-electron chi connectivity index (χ2n) is 2.72. The van der Waals surface area contributed by atoms with E-state index in [4.69, 9.17) is 0 Å². The van der Waals surface area contributed by atoms with Crippen molar-refractivity contribution in [1.29, 1.82) is 0 Å². The maximum Gasteiger partial charge on any atom is 0.0379 e. The van der Waals surface area contributed by atoms with Gasteiger partial charge in [0, 0.05) is 18.2 Å². The van der Waals surface area contributed by atoms with E-state index in [2.05, 4.69) is 36.2 Å². The molecule has 0 aliphatic carbocycles. The summed E-state index contributed by atoms with van der Waals surface area (Å²) >= 11 is 0. The molecule has 0 bridgehead atoms. The van der Waals surface area contributed by atoms with E-state index >= 15 is 0 Å². The molecule has 1 aromatic rings. The van der Waals surface area contributed by atoms with Gasteiger partial charge in [0.2, 0.25) is 0 Å². The molecular weight excluding hydrogens is 134 g/mol. The second kappa shape index (κ2) is 2.42. The van der Waals surface area contributed by atoms with Gasteiger partial charge in [-0.1, -0.05) is 24.8 Å². The third-order valence-corrected chi connectivity index (χ3v) is 2.08. The highest BCUT2D eigenvalue weighted by atomic mass is 14.9. The van der Waals surface area contributed by atoms with Crippen LogP contribution in [0, 0.1) is 6.08 Å². The number of rotatable bonds is 1. The lowest BCUT2D eigenvalue weighted by Gasteiger charge is -2.00. The van der Waals surface area contributed by atoms with Crippen molar-refractivity contribution in [3.05, 3.63) is 42.5 Å². The topological polar surface area (TPSA) is 12.0 Å².